The molecule has 1 aliphatic carbocycles. The average molecular weight is 258 g/mol. The summed E-state index contributed by atoms with van der Waals surface area (Å²) in [5, 5.41) is 2.96. The first kappa shape index (κ1) is 13.4. The van der Waals surface area contributed by atoms with E-state index in [1.54, 1.807) is 12.3 Å². The van der Waals surface area contributed by atoms with E-state index in [0.29, 0.717) is 0 Å². The van der Waals surface area contributed by atoms with Crippen molar-refractivity contribution >= 4 is 6.41 Å². The van der Waals surface area contributed by atoms with Crippen LogP contribution in [-0.4, -0.2) is 11.0 Å². The van der Waals surface area contributed by atoms with Crippen LogP contribution in [0.1, 0.15) is 37.7 Å². The van der Waals surface area contributed by atoms with E-state index in [1.165, 1.54) is 17.1 Å². The number of carbonyl (C=O) groups is 1. The van der Waals surface area contributed by atoms with Gasteiger partial charge in [0.2, 0.25) is 6.41 Å². The molecule has 1 saturated carbocycles. The van der Waals surface area contributed by atoms with Crippen molar-refractivity contribution in [1.82, 2.24) is 9.88 Å². The van der Waals surface area contributed by atoms with Gasteiger partial charge in [-0.05, 0) is 24.5 Å². The minimum Gasteiger partial charge on any atom is -0.349 e. The molecule has 0 atom stereocenters. The van der Waals surface area contributed by atoms with Gasteiger partial charge in [-0.3, -0.25) is 9.59 Å². The zero-order valence-electron chi connectivity index (χ0n) is 10.9. The van der Waals surface area contributed by atoms with E-state index in [1.807, 2.05) is 0 Å². The average Bonchev–Trinajstić information content (AvgIpc) is 2.43. The number of carbonyl (C=O) groups excluding carboxylic acids is 1. The Labute approximate surface area is 112 Å². The molecule has 0 saturated heterocycles. The molecular formula is C15H18N2O2. The fraction of sp³-hybridized carbons (Fsp3) is 0.467. The van der Waals surface area contributed by atoms with Crippen LogP contribution in [0.25, 0.3) is 0 Å². The van der Waals surface area contributed by atoms with Gasteiger partial charge in [0, 0.05) is 12.3 Å². The minimum absolute atomic E-state index is 0.112. The molecule has 100 valence electrons. The van der Waals surface area contributed by atoms with Crippen LogP contribution < -0.4 is 10.9 Å². The van der Waals surface area contributed by atoms with E-state index in [0.717, 1.165) is 37.7 Å². The van der Waals surface area contributed by atoms with E-state index < -0.39 is 0 Å². The van der Waals surface area contributed by atoms with Gasteiger partial charge in [-0.15, -0.1) is 6.42 Å². The van der Waals surface area contributed by atoms with Crippen molar-refractivity contribution in [2.24, 2.45) is 0 Å². The van der Waals surface area contributed by atoms with Gasteiger partial charge in [0.1, 0.15) is 0 Å². The highest BCUT2D eigenvalue weighted by molar-refractivity contribution is 5.49. The van der Waals surface area contributed by atoms with Gasteiger partial charge in [-0.2, -0.15) is 0 Å². The van der Waals surface area contributed by atoms with Crippen molar-refractivity contribution in [3.63, 3.8) is 0 Å². The number of amides is 1. The van der Waals surface area contributed by atoms with Crippen LogP contribution in [-0.2, 0) is 16.9 Å². The molecule has 0 aromatic carbocycles. The van der Waals surface area contributed by atoms with Crippen molar-refractivity contribution in [2.45, 2.75) is 44.2 Å². The summed E-state index contributed by atoms with van der Waals surface area (Å²) in [7, 11) is 0. The normalized spacial score (nSPS) is 17.4. The molecule has 1 amide bonds. The quantitative estimate of drug-likeness (QED) is 0.655. The van der Waals surface area contributed by atoms with Crippen LogP contribution >= 0.6 is 0 Å². The van der Waals surface area contributed by atoms with Crippen LogP contribution in [0.2, 0.25) is 0 Å². The van der Waals surface area contributed by atoms with Crippen molar-refractivity contribution < 1.29 is 4.79 Å². The van der Waals surface area contributed by atoms with E-state index >= 15 is 0 Å². The predicted octanol–water partition coefficient (Wildman–Crippen LogP) is 1.39. The van der Waals surface area contributed by atoms with E-state index in [-0.39, 0.29) is 17.6 Å². The van der Waals surface area contributed by atoms with Crippen LogP contribution in [0, 0.1) is 12.3 Å². The number of hydrogen-bond donors (Lipinski definition) is 1. The van der Waals surface area contributed by atoms with Gasteiger partial charge in [0.25, 0.3) is 5.56 Å². The third kappa shape index (κ3) is 2.70. The molecular weight excluding hydrogens is 240 g/mol. The standard InChI is InChI=1S/C15H18N2O2/c1-2-10-17-11-13(6-7-14(17)19)15(16-12-18)8-4-3-5-9-15/h1,6-7,11-12H,3-5,8-10H2,(H,16,18). The molecule has 1 heterocycles. The van der Waals surface area contributed by atoms with Crippen LogP contribution in [0.5, 0.6) is 0 Å². The molecule has 1 aromatic heterocycles. The molecule has 0 unspecified atom stereocenters. The molecule has 0 radical (unpaired) electrons. The third-order valence-electron chi connectivity index (χ3n) is 3.84. The Morgan fingerprint density at radius 1 is 1.37 bits per heavy atom. The molecule has 4 heteroatoms. The second-order valence-electron chi connectivity index (χ2n) is 4.99. The lowest BCUT2D eigenvalue weighted by Crippen LogP contribution is -2.44. The first-order chi connectivity index (χ1) is 9.22. The summed E-state index contributed by atoms with van der Waals surface area (Å²) < 4.78 is 1.51. The molecule has 19 heavy (non-hydrogen) atoms. The van der Waals surface area contributed by atoms with Gasteiger partial charge in [0.05, 0.1) is 12.1 Å². The second-order valence-corrected chi connectivity index (χ2v) is 4.99. The maximum atomic E-state index is 11.7. The number of aromatic nitrogens is 1. The Hall–Kier alpha value is -2.02. The highest BCUT2D eigenvalue weighted by Gasteiger charge is 2.33. The maximum Gasteiger partial charge on any atom is 0.251 e. The zero-order chi connectivity index (χ0) is 13.7. The summed E-state index contributed by atoms with van der Waals surface area (Å²) in [4.78, 5) is 22.6. The molecule has 1 aliphatic rings. The summed E-state index contributed by atoms with van der Waals surface area (Å²) in [5.74, 6) is 2.47. The number of rotatable bonds is 4. The number of terminal acetylenes is 1. The topological polar surface area (TPSA) is 51.1 Å². The summed E-state index contributed by atoms with van der Waals surface area (Å²) in [6.45, 7) is 0.254. The highest BCUT2D eigenvalue weighted by atomic mass is 16.1. The lowest BCUT2D eigenvalue weighted by Gasteiger charge is -2.37. The van der Waals surface area contributed by atoms with Crippen molar-refractivity contribution in [3.8, 4) is 12.3 Å². The molecule has 0 spiro atoms. The second kappa shape index (κ2) is 5.75. The smallest absolute Gasteiger partial charge is 0.251 e. The first-order valence-corrected chi connectivity index (χ1v) is 6.58. The monoisotopic (exact) mass is 258 g/mol. The summed E-state index contributed by atoms with van der Waals surface area (Å²) in [6.07, 6.45) is 13.0. The summed E-state index contributed by atoms with van der Waals surface area (Å²) >= 11 is 0. The number of hydrogen-bond acceptors (Lipinski definition) is 2. The number of nitrogens with zero attached hydrogens (tertiary/aromatic N) is 1. The molecule has 2 rings (SSSR count). The molecule has 0 aliphatic heterocycles. The third-order valence-corrected chi connectivity index (χ3v) is 3.84. The first-order valence-electron chi connectivity index (χ1n) is 6.58. The van der Waals surface area contributed by atoms with Crippen LogP contribution in [0.3, 0.4) is 0 Å². The zero-order valence-corrected chi connectivity index (χ0v) is 10.9. The molecule has 4 nitrogen and oxygen atoms in total. The van der Waals surface area contributed by atoms with Gasteiger partial charge >= 0.3 is 0 Å². The molecule has 0 bridgehead atoms. The molecule has 1 aromatic rings. The van der Waals surface area contributed by atoms with E-state index in [9.17, 15) is 9.59 Å². The summed E-state index contributed by atoms with van der Waals surface area (Å²) in [6, 6.07) is 3.33. The van der Waals surface area contributed by atoms with E-state index in [2.05, 4.69) is 11.2 Å². The van der Waals surface area contributed by atoms with Crippen LogP contribution in [0.4, 0.5) is 0 Å². The lowest BCUT2D eigenvalue weighted by molar-refractivity contribution is -0.111. The van der Waals surface area contributed by atoms with Gasteiger partial charge in [0.15, 0.2) is 0 Å². The summed E-state index contributed by atoms with van der Waals surface area (Å²) in [5.41, 5.74) is 0.511. The lowest BCUT2D eigenvalue weighted by atomic mass is 9.77. The Balaban J connectivity index is 2.42. The van der Waals surface area contributed by atoms with E-state index in [4.69, 9.17) is 6.42 Å². The Bertz CT molecular complexity index is 548. The van der Waals surface area contributed by atoms with Crippen molar-refractivity contribution in [1.29, 1.82) is 0 Å². The Morgan fingerprint density at radius 3 is 2.74 bits per heavy atom. The predicted molar refractivity (Wildman–Crippen MR) is 73.5 cm³/mol. The Kier molecular flexibility index (Phi) is 4.06. The van der Waals surface area contributed by atoms with Crippen molar-refractivity contribution in [2.75, 3.05) is 0 Å². The SMILES string of the molecule is C#CCn1cc(C2(NC=O)CCCCC2)ccc1=O. The fourth-order valence-electron chi connectivity index (χ4n) is 2.82. The largest absolute Gasteiger partial charge is 0.349 e. The number of nitrogens with one attached hydrogen (secondary N) is 1. The fourth-order valence-corrected chi connectivity index (χ4v) is 2.82. The number of pyridine rings is 1. The minimum atomic E-state index is -0.343. The molecule has 1 N–H and O–H groups in total. The van der Waals surface area contributed by atoms with Gasteiger partial charge in [-0.1, -0.05) is 25.2 Å². The Morgan fingerprint density at radius 2 is 2.11 bits per heavy atom. The van der Waals surface area contributed by atoms with Gasteiger partial charge in [-0.25, -0.2) is 0 Å². The van der Waals surface area contributed by atoms with Crippen LogP contribution in [0.15, 0.2) is 23.1 Å². The highest BCUT2D eigenvalue weighted by Crippen LogP contribution is 2.36. The molecule has 1 fully saturated rings. The van der Waals surface area contributed by atoms with Gasteiger partial charge < -0.3 is 9.88 Å². The maximum absolute atomic E-state index is 11.7. The van der Waals surface area contributed by atoms with Crippen molar-refractivity contribution in [3.05, 3.63) is 34.2 Å².